The van der Waals surface area contributed by atoms with Crippen molar-refractivity contribution in [2.24, 2.45) is 0 Å². The van der Waals surface area contributed by atoms with Crippen LogP contribution in [-0.4, -0.2) is 73.6 Å². The Hall–Kier alpha value is -3.34. The summed E-state index contributed by atoms with van der Waals surface area (Å²) in [5.74, 6) is 0.179. The molecule has 1 aromatic heterocycles. The van der Waals surface area contributed by atoms with Crippen molar-refractivity contribution in [3.63, 3.8) is 0 Å². The Kier molecular flexibility index (Phi) is 7.78. The van der Waals surface area contributed by atoms with E-state index in [9.17, 15) is 14.4 Å². The van der Waals surface area contributed by atoms with E-state index in [1.54, 1.807) is 29.2 Å². The van der Waals surface area contributed by atoms with E-state index in [-0.39, 0.29) is 30.6 Å². The third-order valence-corrected chi connectivity index (χ3v) is 7.56. The lowest BCUT2D eigenvalue weighted by Crippen LogP contribution is -2.39. The summed E-state index contributed by atoms with van der Waals surface area (Å²) in [7, 11) is 0. The number of hydrogen-bond acceptors (Lipinski definition) is 8. The SMILES string of the molecule is CCOc1ccc2nc(N(CCCN3CCOCC3)C(=O)c3ccc(N4C(=O)CCC4=O)cc3)sc2c1. The minimum absolute atomic E-state index is 0.170. The van der Waals surface area contributed by atoms with Crippen LogP contribution >= 0.6 is 11.3 Å². The van der Waals surface area contributed by atoms with Crippen LogP contribution in [0.3, 0.4) is 0 Å². The predicted molar refractivity (Wildman–Crippen MR) is 143 cm³/mol. The zero-order chi connectivity index (χ0) is 25.8. The Labute approximate surface area is 219 Å². The van der Waals surface area contributed by atoms with Crippen LogP contribution in [0, 0.1) is 0 Å². The summed E-state index contributed by atoms with van der Waals surface area (Å²) in [5, 5.41) is 0.629. The number of carbonyl (C=O) groups excluding carboxylic acids is 3. The molecule has 3 amide bonds. The van der Waals surface area contributed by atoms with E-state index in [0.29, 0.717) is 29.5 Å². The van der Waals surface area contributed by atoms with Crippen molar-refractivity contribution in [2.75, 3.05) is 55.8 Å². The summed E-state index contributed by atoms with van der Waals surface area (Å²) in [6.07, 6.45) is 1.23. The molecule has 0 bridgehead atoms. The molecule has 2 fully saturated rings. The molecule has 3 heterocycles. The van der Waals surface area contributed by atoms with E-state index in [4.69, 9.17) is 14.5 Å². The van der Waals surface area contributed by atoms with Gasteiger partial charge >= 0.3 is 0 Å². The van der Waals surface area contributed by atoms with Gasteiger partial charge in [-0.05, 0) is 55.8 Å². The minimum atomic E-state index is -0.213. The molecule has 3 aromatic rings. The highest BCUT2D eigenvalue weighted by atomic mass is 32.1. The number of ether oxygens (including phenoxy) is 2. The van der Waals surface area contributed by atoms with Crippen LogP contribution in [0.15, 0.2) is 42.5 Å². The Morgan fingerprint density at radius 3 is 2.51 bits per heavy atom. The number of benzene rings is 2. The molecular formula is C27H30N4O5S. The first-order chi connectivity index (χ1) is 18.0. The standard InChI is InChI=1S/C27H30N4O5S/c1-2-36-21-8-9-22-23(18-21)37-27(28-22)30(13-3-12-29-14-16-35-17-15-29)26(34)19-4-6-20(7-5-19)31-24(32)10-11-25(31)33/h4-9,18H,2-3,10-17H2,1H3. The zero-order valence-corrected chi connectivity index (χ0v) is 21.7. The molecular weight excluding hydrogens is 492 g/mol. The second kappa shape index (κ2) is 11.4. The van der Waals surface area contributed by atoms with Crippen molar-refractivity contribution in [1.82, 2.24) is 9.88 Å². The lowest BCUT2D eigenvalue weighted by molar-refractivity contribution is -0.121. The number of fused-ring (bicyclic) bond motifs is 1. The van der Waals surface area contributed by atoms with Crippen molar-refractivity contribution in [3.8, 4) is 5.75 Å². The van der Waals surface area contributed by atoms with Gasteiger partial charge in [-0.2, -0.15) is 0 Å². The average Bonchev–Trinajstić information content (AvgIpc) is 3.49. The molecule has 5 rings (SSSR count). The highest BCUT2D eigenvalue weighted by molar-refractivity contribution is 7.22. The zero-order valence-electron chi connectivity index (χ0n) is 20.9. The van der Waals surface area contributed by atoms with Gasteiger partial charge in [-0.3, -0.25) is 29.1 Å². The maximum atomic E-state index is 13.7. The summed E-state index contributed by atoms with van der Waals surface area (Å²) < 4.78 is 12.0. The minimum Gasteiger partial charge on any atom is -0.494 e. The number of rotatable bonds is 9. The number of nitrogens with zero attached hydrogens (tertiary/aromatic N) is 4. The van der Waals surface area contributed by atoms with E-state index in [0.717, 1.165) is 55.2 Å². The van der Waals surface area contributed by atoms with E-state index in [2.05, 4.69) is 4.90 Å². The van der Waals surface area contributed by atoms with Crippen LogP contribution in [0.5, 0.6) is 5.75 Å². The second-order valence-electron chi connectivity index (χ2n) is 8.99. The van der Waals surface area contributed by atoms with Gasteiger partial charge in [0, 0.05) is 44.6 Å². The van der Waals surface area contributed by atoms with E-state index < -0.39 is 0 Å². The third-order valence-electron chi connectivity index (χ3n) is 6.52. The van der Waals surface area contributed by atoms with E-state index in [1.807, 2.05) is 25.1 Å². The smallest absolute Gasteiger partial charge is 0.260 e. The summed E-state index contributed by atoms with van der Waals surface area (Å²) in [6.45, 7) is 7.15. The van der Waals surface area contributed by atoms with Crippen LogP contribution in [0.25, 0.3) is 10.2 Å². The molecule has 9 nitrogen and oxygen atoms in total. The van der Waals surface area contributed by atoms with Crippen molar-refractivity contribution in [1.29, 1.82) is 0 Å². The Balaban J connectivity index is 1.38. The number of thiazole rings is 1. The first-order valence-electron chi connectivity index (χ1n) is 12.6. The van der Waals surface area contributed by atoms with Crippen LogP contribution < -0.4 is 14.5 Å². The normalized spacial score (nSPS) is 16.5. The lowest BCUT2D eigenvalue weighted by atomic mass is 10.1. The fourth-order valence-electron chi connectivity index (χ4n) is 4.60. The fourth-order valence-corrected chi connectivity index (χ4v) is 5.62. The Bertz CT molecular complexity index is 1270. The number of imide groups is 1. The first kappa shape index (κ1) is 25.3. The van der Waals surface area contributed by atoms with Gasteiger partial charge in [0.2, 0.25) is 11.8 Å². The molecule has 0 unspecified atom stereocenters. The molecule has 0 saturated carbocycles. The highest BCUT2D eigenvalue weighted by Crippen LogP contribution is 2.33. The number of anilines is 2. The van der Waals surface area contributed by atoms with Crippen molar-refractivity contribution in [2.45, 2.75) is 26.2 Å². The maximum absolute atomic E-state index is 13.7. The summed E-state index contributed by atoms with van der Waals surface area (Å²) >= 11 is 1.46. The van der Waals surface area contributed by atoms with Gasteiger partial charge in [0.1, 0.15) is 5.75 Å². The van der Waals surface area contributed by atoms with Crippen LogP contribution in [0.2, 0.25) is 0 Å². The number of hydrogen-bond donors (Lipinski definition) is 0. The van der Waals surface area contributed by atoms with Crippen LogP contribution in [-0.2, 0) is 14.3 Å². The van der Waals surface area contributed by atoms with Crippen molar-refractivity contribution < 1.29 is 23.9 Å². The monoisotopic (exact) mass is 522 g/mol. The molecule has 0 N–H and O–H groups in total. The topological polar surface area (TPSA) is 92.3 Å². The quantitative estimate of drug-likeness (QED) is 0.396. The number of amides is 3. The highest BCUT2D eigenvalue weighted by Gasteiger charge is 2.30. The van der Waals surface area contributed by atoms with Crippen molar-refractivity contribution >= 4 is 50.1 Å². The molecule has 0 radical (unpaired) electrons. The summed E-state index contributed by atoms with van der Waals surface area (Å²) in [5.41, 5.74) is 1.78. The molecule has 10 heteroatoms. The van der Waals surface area contributed by atoms with Crippen LogP contribution in [0.1, 0.15) is 36.5 Å². The van der Waals surface area contributed by atoms with Gasteiger partial charge in [-0.1, -0.05) is 11.3 Å². The second-order valence-corrected chi connectivity index (χ2v) is 10.0. The number of aromatic nitrogens is 1. The molecule has 2 aliphatic rings. The number of carbonyl (C=O) groups is 3. The predicted octanol–water partition coefficient (Wildman–Crippen LogP) is 3.72. The summed E-state index contributed by atoms with van der Waals surface area (Å²) in [4.78, 5) is 47.9. The van der Waals surface area contributed by atoms with Gasteiger partial charge in [0.15, 0.2) is 5.13 Å². The molecule has 194 valence electrons. The average molecular weight is 523 g/mol. The molecule has 0 aliphatic carbocycles. The van der Waals surface area contributed by atoms with Gasteiger partial charge < -0.3 is 9.47 Å². The third kappa shape index (κ3) is 5.66. The maximum Gasteiger partial charge on any atom is 0.260 e. The molecule has 2 aromatic carbocycles. The molecule has 37 heavy (non-hydrogen) atoms. The fraction of sp³-hybridized carbons (Fsp3) is 0.407. The largest absolute Gasteiger partial charge is 0.494 e. The summed E-state index contributed by atoms with van der Waals surface area (Å²) in [6, 6.07) is 12.4. The molecule has 0 spiro atoms. The first-order valence-corrected chi connectivity index (χ1v) is 13.5. The van der Waals surface area contributed by atoms with Crippen molar-refractivity contribution in [3.05, 3.63) is 48.0 Å². The molecule has 2 saturated heterocycles. The number of morpholine rings is 1. The van der Waals surface area contributed by atoms with Gasteiger partial charge in [0.25, 0.3) is 5.91 Å². The Morgan fingerprint density at radius 1 is 1.08 bits per heavy atom. The molecule has 0 atom stereocenters. The Morgan fingerprint density at radius 2 is 1.81 bits per heavy atom. The van der Waals surface area contributed by atoms with Gasteiger partial charge in [-0.15, -0.1) is 0 Å². The lowest BCUT2D eigenvalue weighted by Gasteiger charge is -2.27. The van der Waals surface area contributed by atoms with Gasteiger partial charge in [-0.25, -0.2) is 4.98 Å². The van der Waals surface area contributed by atoms with Gasteiger partial charge in [0.05, 0.1) is 35.7 Å². The van der Waals surface area contributed by atoms with E-state index >= 15 is 0 Å². The van der Waals surface area contributed by atoms with E-state index in [1.165, 1.54) is 16.2 Å². The molecule has 2 aliphatic heterocycles. The van der Waals surface area contributed by atoms with Crippen LogP contribution in [0.4, 0.5) is 10.8 Å².